The number of nitrogens with zero attached hydrogens (tertiary/aromatic N) is 1. The Hall–Kier alpha value is -3.08. The predicted octanol–water partition coefficient (Wildman–Crippen LogP) is 3.81. The van der Waals surface area contributed by atoms with Gasteiger partial charge in [0.05, 0.1) is 12.7 Å². The molecule has 0 spiro atoms. The molecule has 0 saturated heterocycles. The van der Waals surface area contributed by atoms with E-state index in [1.807, 2.05) is 68.4 Å². The van der Waals surface area contributed by atoms with Gasteiger partial charge in [-0.25, -0.2) is 4.99 Å². The van der Waals surface area contributed by atoms with Crippen LogP contribution < -0.4 is 14.8 Å². The van der Waals surface area contributed by atoms with Crippen LogP contribution in [0.25, 0.3) is 6.08 Å². The maximum absolute atomic E-state index is 12.1. The molecule has 26 heavy (non-hydrogen) atoms. The molecule has 2 aromatic carbocycles. The van der Waals surface area contributed by atoms with Gasteiger partial charge in [-0.3, -0.25) is 4.79 Å². The fourth-order valence-electron chi connectivity index (χ4n) is 2.49. The quantitative estimate of drug-likeness (QED) is 0.773. The van der Waals surface area contributed by atoms with Crippen molar-refractivity contribution in [3.8, 4) is 11.5 Å². The Balaban J connectivity index is 1.59. The van der Waals surface area contributed by atoms with Crippen molar-refractivity contribution in [1.29, 1.82) is 0 Å². The number of aliphatic imine (C=N–C) groups is 1. The highest BCUT2D eigenvalue weighted by Gasteiger charge is 2.19. The smallest absolute Gasteiger partial charge is 0.275 e. The molecule has 1 aliphatic heterocycles. The number of rotatable bonds is 7. The standard InChI is InChI=1S/C21H22N2O3/c1-15(2)26-18-10-8-16(9-11-18)14-19-21(24)23-20(22-19)12-13-25-17-6-4-3-5-7-17/h3-11,14-15H,12-13H2,1-2H3,(H,22,23,24)/b19-14+. The average Bonchev–Trinajstić information content (AvgIpc) is 2.97. The van der Waals surface area contributed by atoms with Crippen LogP contribution in [0, 0.1) is 0 Å². The van der Waals surface area contributed by atoms with Crippen LogP contribution in [0.2, 0.25) is 0 Å². The van der Waals surface area contributed by atoms with E-state index in [-0.39, 0.29) is 12.0 Å². The Morgan fingerprint density at radius 3 is 2.46 bits per heavy atom. The number of amidine groups is 1. The molecule has 1 amide bonds. The van der Waals surface area contributed by atoms with E-state index in [0.717, 1.165) is 17.1 Å². The van der Waals surface area contributed by atoms with Crippen molar-refractivity contribution in [2.45, 2.75) is 26.4 Å². The van der Waals surface area contributed by atoms with Crippen LogP contribution in [0.5, 0.6) is 11.5 Å². The SMILES string of the molecule is CC(C)Oc1ccc(/C=C2/N=C(CCOc3ccccc3)NC2=O)cc1. The Kier molecular flexibility index (Phi) is 5.69. The largest absolute Gasteiger partial charge is 0.493 e. The second kappa shape index (κ2) is 8.34. The second-order valence-corrected chi connectivity index (χ2v) is 6.19. The van der Waals surface area contributed by atoms with Gasteiger partial charge < -0.3 is 14.8 Å². The van der Waals surface area contributed by atoms with E-state index in [1.54, 1.807) is 6.08 Å². The molecule has 3 rings (SSSR count). The summed E-state index contributed by atoms with van der Waals surface area (Å²) in [4.78, 5) is 16.4. The van der Waals surface area contributed by atoms with Gasteiger partial charge in [0.15, 0.2) is 0 Å². The molecule has 0 atom stereocenters. The fourth-order valence-corrected chi connectivity index (χ4v) is 2.49. The average molecular weight is 350 g/mol. The van der Waals surface area contributed by atoms with Gasteiger partial charge in [-0.2, -0.15) is 0 Å². The zero-order valence-corrected chi connectivity index (χ0v) is 14.9. The number of carbonyl (C=O) groups excluding carboxylic acids is 1. The van der Waals surface area contributed by atoms with Gasteiger partial charge in [-0.1, -0.05) is 30.3 Å². The van der Waals surface area contributed by atoms with Gasteiger partial charge >= 0.3 is 0 Å². The lowest BCUT2D eigenvalue weighted by molar-refractivity contribution is -0.115. The molecular weight excluding hydrogens is 328 g/mol. The van der Waals surface area contributed by atoms with Crippen molar-refractivity contribution < 1.29 is 14.3 Å². The van der Waals surface area contributed by atoms with Crippen molar-refractivity contribution in [1.82, 2.24) is 5.32 Å². The molecule has 5 heteroatoms. The van der Waals surface area contributed by atoms with Crippen LogP contribution in [0.4, 0.5) is 0 Å². The molecule has 0 aromatic heterocycles. The van der Waals surface area contributed by atoms with Gasteiger partial charge in [0.25, 0.3) is 5.91 Å². The first-order chi connectivity index (χ1) is 12.6. The normalized spacial score (nSPS) is 15.1. The summed E-state index contributed by atoms with van der Waals surface area (Å²) < 4.78 is 11.3. The van der Waals surface area contributed by atoms with Crippen molar-refractivity contribution in [3.63, 3.8) is 0 Å². The van der Waals surface area contributed by atoms with Crippen molar-refractivity contribution >= 4 is 17.8 Å². The summed E-state index contributed by atoms with van der Waals surface area (Å²) in [6.45, 7) is 4.42. The molecule has 0 aliphatic carbocycles. The molecule has 0 saturated carbocycles. The first-order valence-electron chi connectivity index (χ1n) is 8.65. The van der Waals surface area contributed by atoms with E-state index >= 15 is 0 Å². The first-order valence-corrected chi connectivity index (χ1v) is 8.65. The zero-order valence-electron chi connectivity index (χ0n) is 14.9. The highest BCUT2D eigenvalue weighted by atomic mass is 16.5. The molecule has 1 N–H and O–H groups in total. The summed E-state index contributed by atoms with van der Waals surface area (Å²) in [5.41, 5.74) is 1.30. The minimum atomic E-state index is -0.192. The third kappa shape index (κ3) is 4.96. The number of hydrogen-bond donors (Lipinski definition) is 1. The first kappa shape index (κ1) is 17.7. The minimum Gasteiger partial charge on any atom is -0.493 e. The number of ether oxygens (including phenoxy) is 2. The highest BCUT2D eigenvalue weighted by molar-refractivity contribution is 6.14. The van der Waals surface area contributed by atoms with Gasteiger partial charge in [0, 0.05) is 6.42 Å². The van der Waals surface area contributed by atoms with E-state index < -0.39 is 0 Å². The molecular formula is C21H22N2O3. The van der Waals surface area contributed by atoms with Gasteiger partial charge in [0.1, 0.15) is 23.0 Å². The van der Waals surface area contributed by atoms with Crippen molar-refractivity contribution in [2.24, 2.45) is 4.99 Å². The van der Waals surface area contributed by atoms with Crippen LogP contribution >= 0.6 is 0 Å². The van der Waals surface area contributed by atoms with Gasteiger partial charge in [-0.15, -0.1) is 0 Å². The van der Waals surface area contributed by atoms with Crippen LogP contribution in [0.1, 0.15) is 25.8 Å². The van der Waals surface area contributed by atoms with Crippen LogP contribution in [0.15, 0.2) is 65.3 Å². The highest BCUT2D eigenvalue weighted by Crippen LogP contribution is 2.18. The molecule has 0 bridgehead atoms. The topological polar surface area (TPSA) is 59.9 Å². The van der Waals surface area contributed by atoms with Gasteiger partial charge in [0.2, 0.25) is 0 Å². The maximum atomic E-state index is 12.1. The molecule has 5 nitrogen and oxygen atoms in total. The Labute approximate surface area is 153 Å². The molecule has 1 heterocycles. The van der Waals surface area contributed by atoms with E-state index in [1.165, 1.54) is 0 Å². The molecule has 0 unspecified atom stereocenters. The van der Waals surface area contributed by atoms with Crippen molar-refractivity contribution in [2.75, 3.05) is 6.61 Å². The summed E-state index contributed by atoms with van der Waals surface area (Å²) in [6.07, 6.45) is 2.43. The molecule has 1 aliphatic rings. The summed E-state index contributed by atoms with van der Waals surface area (Å²) in [5, 5.41) is 2.79. The summed E-state index contributed by atoms with van der Waals surface area (Å²) in [6, 6.07) is 17.2. The van der Waals surface area contributed by atoms with Gasteiger partial charge in [-0.05, 0) is 49.8 Å². The number of hydrogen-bond acceptors (Lipinski definition) is 4. The Bertz CT molecular complexity index is 809. The Morgan fingerprint density at radius 1 is 1.04 bits per heavy atom. The predicted molar refractivity (Wildman–Crippen MR) is 102 cm³/mol. The molecule has 2 aromatic rings. The third-order valence-electron chi connectivity index (χ3n) is 3.65. The molecule has 134 valence electrons. The van der Waals surface area contributed by atoms with Crippen LogP contribution in [0.3, 0.4) is 0 Å². The fraction of sp³-hybridized carbons (Fsp3) is 0.238. The number of nitrogens with one attached hydrogen (secondary N) is 1. The van der Waals surface area contributed by atoms with Crippen LogP contribution in [-0.2, 0) is 4.79 Å². The summed E-state index contributed by atoms with van der Waals surface area (Å²) in [5.74, 6) is 2.04. The lowest BCUT2D eigenvalue weighted by Crippen LogP contribution is -2.25. The lowest BCUT2D eigenvalue weighted by atomic mass is 10.2. The number of para-hydroxylation sites is 1. The van der Waals surface area contributed by atoms with E-state index in [9.17, 15) is 4.79 Å². The van der Waals surface area contributed by atoms with Crippen LogP contribution in [-0.4, -0.2) is 24.5 Å². The second-order valence-electron chi connectivity index (χ2n) is 6.19. The monoisotopic (exact) mass is 350 g/mol. The van der Waals surface area contributed by atoms with E-state index in [0.29, 0.717) is 24.6 Å². The zero-order chi connectivity index (χ0) is 18.4. The maximum Gasteiger partial charge on any atom is 0.275 e. The Morgan fingerprint density at radius 2 is 1.77 bits per heavy atom. The summed E-state index contributed by atoms with van der Waals surface area (Å²) >= 11 is 0. The van der Waals surface area contributed by atoms with E-state index in [2.05, 4.69) is 10.3 Å². The molecule has 0 fully saturated rings. The van der Waals surface area contributed by atoms with Crippen molar-refractivity contribution in [3.05, 3.63) is 65.9 Å². The van der Waals surface area contributed by atoms with E-state index in [4.69, 9.17) is 9.47 Å². The minimum absolute atomic E-state index is 0.130. The molecule has 0 radical (unpaired) electrons. The number of carbonyl (C=O) groups is 1. The number of amides is 1. The number of benzene rings is 2. The summed E-state index contributed by atoms with van der Waals surface area (Å²) in [7, 11) is 0. The third-order valence-corrected chi connectivity index (χ3v) is 3.65. The lowest BCUT2D eigenvalue weighted by Gasteiger charge is -2.09.